The molecule has 166 valence electrons. The first kappa shape index (κ1) is 23.0. The van der Waals surface area contributed by atoms with E-state index in [2.05, 4.69) is 36.6 Å². The van der Waals surface area contributed by atoms with Gasteiger partial charge < -0.3 is 10.6 Å². The van der Waals surface area contributed by atoms with Crippen LogP contribution in [0.5, 0.6) is 0 Å². The maximum Gasteiger partial charge on any atom is 0.274 e. The van der Waals surface area contributed by atoms with E-state index < -0.39 is 5.91 Å². The second-order valence-electron chi connectivity index (χ2n) is 7.44. The van der Waals surface area contributed by atoms with Crippen molar-refractivity contribution in [3.63, 3.8) is 0 Å². The highest BCUT2D eigenvalue weighted by Gasteiger charge is 2.30. The number of rotatable bonds is 6. The highest BCUT2D eigenvalue weighted by Crippen LogP contribution is 2.34. The zero-order chi connectivity index (χ0) is 23.0. The average Bonchev–Trinajstić information content (AvgIpc) is 3.52. The number of nitrogens with one attached hydrogen (secondary N) is 2. The smallest absolute Gasteiger partial charge is 0.274 e. The predicted octanol–water partition coefficient (Wildman–Crippen LogP) is 5.77. The Morgan fingerprint density at radius 3 is 2.59 bits per heavy atom. The summed E-state index contributed by atoms with van der Waals surface area (Å²) in [6.45, 7) is 1.95. The van der Waals surface area contributed by atoms with E-state index in [-0.39, 0.29) is 44.8 Å². The van der Waals surface area contributed by atoms with Crippen LogP contribution in [0.2, 0.25) is 15.1 Å². The minimum Gasteiger partial charge on any atom is -0.349 e. The van der Waals surface area contributed by atoms with E-state index in [1.54, 1.807) is 12.1 Å². The number of anilines is 1. The zero-order valence-corrected chi connectivity index (χ0v) is 20.6. The van der Waals surface area contributed by atoms with Crippen molar-refractivity contribution in [2.75, 3.05) is 5.32 Å². The van der Waals surface area contributed by atoms with Crippen molar-refractivity contribution in [3.05, 3.63) is 67.5 Å². The molecule has 2 amide bonds. The topological polar surface area (TPSA) is 88.9 Å². The molecule has 0 saturated heterocycles. The van der Waals surface area contributed by atoms with E-state index in [4.69, 9.17) is 34.8 Å². The van der Waals surface area contributed by atoms with Crippen LogP contribution in [-0.4, -0.2) is 32.6 Å². The van der Waals surface area contributed by atoms with Gasteiger partial charge in [0.25, 0.3) is 11.8 Å². The van der Waals surface area contributed by atoms with Crippen LogP contribution in [0.15, 0.2) is 41.1 Å². The van der Waals surface area contributed by atoms with Crippen molar-refractivity contribution in [2.24, 2.45) is 5.92 Å². The number of pyridine rings is 1. The number of aromatic nitrogens is 3. The molecule has 11 heteroatoms. The van der Waals surface area contributed by atoms with Gasteiger partial charge in [-0.2, -0.15) is 5.10 Å². The van der Waals surface area contributed by atoms with Crippen LogP contribution in [0.4, 0.5) is 5.69 Å². The maximum absolute atomic E-state index is 13.2. The Morgan fingerprint density at radius 2 is 1.91 bits per heavy atom. The molecule has 1 aliphatic carbocycles. The standard InChI is InChI=1S/C21H17BrCl3N5O2/c1-10(11-4-5-11)27-20(31)13-7-12(23)8-15(25)18(13)28-21(32)16-9-17(22)29-30(16)19-14(24)3-2-6-26-19/h2-3,6-11H,4-5H2,1H3,(H,27,31)(H,28,32). The summed E-state index contributed by atoms with van der Waals surface area (Å²) < 4.78 is 1.71. The number of amides is 2. The molecule has 2 aromatic heterocycles. The van der Waals surface area contributed by atoms with E-state index in [9.17, 15) is 9.59 Å². The molecule has 0 aliphatic heterocycles. The Hall–Kier alpha value is -2.13. The van der Waals surface area contributed by atoms with Gasteiger partial charge in [-0.15, -0.1) is 0 Å². The number of benzene rings is 1. The van der Waals surface area contributed by atoms with Crippen molar-refractivity contribution in [1.29, 1.82) is 0 Å². The molecule has 1 aromatic carbocycles. The molecule has 1 fully saturated rings. The van der Waals surface area contributed by atoms with Gasteiger partial charge in [0.2, 0.25) is 0 Å². The second kappa shape index (κ2) is 9.39. The lowest BCUT2D eigenvalue weighted by molar-refractivity contribution is 0.0936. The van der Waals surface area contributed by atoms with Crippen molar-refractivity contribution >= 4 is 68.2 Å². The van der Waals surface area contributed by atoms with Crippen LogP contribution in [-0.2, 0) is 0 Å². The van der Waals surface area contributed by atoms with Gasteiger partial charge >= 0.3 is 0 Å². The average molecular weight is 558 g/mol. The van der Waals surface area contributed by atoms with E-state index in [0.29, 0.717) is 15.5 Å². The first-order valence-electron chi connectivity index (χ1n) is 9.72. The quantitative estimate of drug-likeness (QED) is 0.403. The summed E-state index contributed by atoms with van der Waals surface area (Å²) in [6, 6.07) is 7.77. The van der Waals surface area contributed by atoms with E-state index >= 15 is 0 Å². The number of hydrogen-bond acceptors (Lipinski definition) is 4. The molecule has 1 saturated carbocycles. The fraction of sp³-hybridized carbons (Fsp3) is 0.238. The molecule has 0 radical (unpaired) electrons. The van der Waals surface area contributed by atoms with Crippen LogP contribution >= 0.6 is 50.7 Å². The Morgan fingerprint density at radius 1 is 1.16 bits per heavy atom. The fourth-order valence-electron chi connectivity index (χ4n) is 3.26. The fourth-order valence-corrected chi connectivity index (χ4v) is 4.38. The number of carbonyl (C=O) groups is 2. The molecule has 0 bridgehead atoms. The van der Waals surface area contributed by atoms with Crippen LogP contribution in [0.3, 0.4) is 0 Å². The second-order valence-corrected chi connectivity index (χ2v) is 9.50. The van der Waals surface area contributed by atoms with Crippen LogP contribution in [0.25, 0.3) is 5.82 Å². The third-order valence-electron chi connectivity index (χ3n) is 5.08. The molecule has 3 aromatic rings. The molecule has 1 aliphatic rings. The third kappa shape index (κ3) is 4.93. The lowest BCUT2D eigenvalue weighted by Gasteiger charge is -2.17. The third-order valence-corrected chi connectivity index (χ3v) is 6.28. The van der Waals surface area contributed by atoms with Gasteiger partial charge in [-0.1, -0.05) is 34.8 Å². The van der Waals surface area contributed by atoms with Crippen LogP contribution in [0, 0.1) is 5.92 Å². The molecule has 2 heterocycles. The summed E-state index contributed by atoms with van der Waals surface area (Å²) in [5.41, 5.74) is 0.461. The van der Waals surface area contributed by atoms with Gasteiger partial charge in [0.15, 0.2) is 5.82 Å². The summed E-state index contributed by atoms with van der Waals surface area (Å²) in [4.78, 5) is 30.3. The highest BCUT2D eigenvalue weighted by atomic mass is 79.9. The summed E-state index contributed by atoms with van der Waals surface area (Å²) >= 11 is 22.0. The SMILES string of the molecule is CC(NC(=O)c1cc(Cl)cc(Cl)c1NC(=O)c1cc(Br)nn1-c1ncccc1Cl)C1CC1. The van der Waals surface area contributed by atoms with Crippen molar-refractivity contribution < 1.29 is 9.59 Å². The summed E-state index contributed by atoms with van der Waals surface area (Å²) in [5.74, 6) is -0.185. The summed E-state index contributed by atoms with van der Waals surface area (Å²) in [6.07, 6.45) is 3.70. The minimum absolute atomic E-state index is 0.00694. The Balaban J connectivity index is 1.67. The van der Waals surface area contributed by atoms with E-state index in [1.807, 2.05) is 6.92 Å². The van der Waals surface area contributed by atoms with E-state index in [1.165, 1.54) is 29.1 Å². The first-order valence-corrected chi connectivity index (χ1v) is 11.6. The number of halogens is 4. The minimum atomic E-state index is -0.557. The van der Waals surface area contributed by atoms with Crippen molar-refractivity contribution in [1.82, 2.24) is 20.1 Å². The normalized spacial score (nSPS) is 14.2. The van der Waals surface area contributed by atoms with Gasteiger partial charge in [0.05, 0.1) is 21.3 Å². The zero-order valence-electron chi connectivity index (χ0n) is 16.7. The lowest BCUT2D eigenvalue weighted by Crippen LogP contribution is -2.34. The van der Waals surface area contributed by atoms with Gasteiger partial charge in [0.1, 0.15) is 10.3 Å². The molecule has 0 spiro atoms. The first-order chi connectivity index (χ1) is 15.2. The van der Waals surface area contributed by atoms with Gasteiger partial charge in [-0.3, -0.25) is 9.59 Å². The molecule has 1 unspecified atom stereocenters. The van der Waals surface area contributed by atoms with Crippen LogP contribution in [0.1, 0.15) is 40.6 Å². The van der Waals surface area contributed by atoms with Gasteiger partial charge in [-0.05, 0) is 65.9 Å². The predicted molar refractivity (Wildman–Crippen MR) is 128 cm³/mol. The molecule has 2 N–H and O–H groups in total. The Bertz CT molecular complexity index is 1210. The maximum atomic E-state index is 13.2. The lowest BCUT2D eigenvalue weighted by atomic mass is 10.1. The molecule has 4 rings (SSSR count). The van der Waals surface area contributed by atoms with Crippen molar-refractivity contribution in [2.45, 2.75) is 25.8 Å². The Kier molecular flexibility index (Phi) is 6.76. The highest BCUT2D eigenvalue weighted by molar-refractivity contribution is 9.10. The van der Waals surface area contributed by atoms with E-state index in [0.717, 1.165) is 12.8 Å². The molecule has 7 nitrogen and oxygen atoms in total. The molecular formula is C21H17BrCl3N5O2. The molecule has 32 heavy (non-hydrogen) atoms. The summed E-state index contributed by atoms with van der Waals surface area (Å²) in [5, 5.41) is 10.7. The molecule has 1 atom stereocenters. The largest absolute Gasteiger partial charge is 0.349 e. The number of nitrogens with zero attached hydrogens (tertiary/aromatic N) is 3. The van der Waals surface area contributed by atoms with Crippen molar-refractivity contribution in [3.8, 4) is 5.82 Å². The van der Waals surface area contributed by atoms with Crippen LogP contribution < -0.4 is 10.6 Å². The molecular weight excluding hydrogens is 541 g/mol. The Labute approximate surface area is 207 Å². The number of carbonyl (C=O) groups excluding carboxylic acids is 2. The van der Waals surface area contributed by atoms with Gasteiger partial charge in [-0.25, -0.2) is 9.67 Å². The monoisotopic (exact) mass is 555 g/mol. The van der Waals surface area contributed by atoms with Gasteiger partial charge in [0, 0.05) is 23.3 Å². The number of hydrogen-bond donors (Lipinski definition) is 2. The summed E-state index contributed by atoms with van der Waals surface area (Å²) in [7, 11) is 0.